The number of carbonyl (C=O) groups excluding carboxylic acids is 1. The minimum atomic E-state index is -0.496. The minimum Gasteiger partial charge on any atom is -0.356 e. The summed E-state index contributed by atoms with van der Waals surface area (Å²) in [6.45, 7) is 3.37. The van der Waals surface area contributed by atoms with Crippen LogP contribution in [0.1, 0.15) is 24.0 Å². The molecule has 1 aromatic carbocycles. The summed E-state index contributed by atoms with van der Waals surface area (Å²) in [6, 6.07) is 8.32. The molecule has 0 atom stereocenters. The summed E-state index contributed by atoms with van der Waals surface area (Å²) in [5, 5.41) is 12.8. The Morgan fingerprint density at radius 1 is 1.21 bits per heavy atom. The molecule has 0 bridgehead atoms. The van der Waals surface area contributed by atoms with Gasteiger partial charge < -0.3 is 21.3 Å². The van der Waals surface area contributed by atoms with Gasteiger partial charge in [0.1, 0.15) is 5.54 Å². The van der Waals surface area contributed by atoms with Crippen LogP contribution < -0.4 is 21.3 Å². The monoisotopic (exact) mass is 329 g/mol. The van der Waals surface area contributed by atoms with Crippen molar-refractivity contribution in [3.63, 3.8) is 0 Å². The number of carbonyl (C=O) groups is 1. The standard InChI is InChI=1S/C18H27N5O/c1-19-18(12-14-6-2-3-7-15(14)13-18)16(24)20-8-4-5-9-21-17-22-10-11-23-17/h2-3,6-7,19H,4-5,8-13H2,1H3,(H,20,24)(H2,21,22,23). The van der Waals surface area contributed by atoms with Gasteiger partial charge in [-0.3, -0.25) is 9.79 Å². The number of benzene rings is 1. The highest BCUT2D eigenvalue weighted by Gasteiger charge is 2.42. The molecule has 1 amide bonds. The van der Waals surface area contributed by atoms with E-state index in [-0.39, 0.29) is 5.91 Å². The number of unbranched alkanes of at least 4 members (excludes halogenated alkanes) is 1. The second-order valence-corrected chi connectivity index (χ2v) is 6.50. The average molecular weight is 329 g/mol. The summed E-state index contributed by atoms with van der Waals surface area (Å²) in [5.41, 5.74) is 2.05. The van der Waals surface area contributed by atoms with E-state index in [1.165, 1.54) is 11.1 Å². The van der Waals surface area contributed by atoms with Crippen LogP contribution in [-0.4, -0.2) is 50.6 Å². The van der Waals surface area contributed by atoms with Crippen LogP contribution in [0.25, 0.3) is 0 Å². The highest BCUT2D eigenvalue weighted by Crippen LogP contribution is 2.29. The lowest BCUT2D eigenvalue weighted by atomic mass is 9.94. The lowest BCUT2D eigenvalue weighted by molar-refractivity contribution is -0.127. The molecule has 1 aromatic rings. The van der Waals surface area contributed by atoms with E-state index in [0.717, 1.165) is 51.3 Å². The van der Waals surface area contributed by atoms with Gasteiger partial charge in [0, 0.05) is 32.5 Å². The second kappa shape index (κ2) is 7.66. The third-order valence-corrected chi connectivity index (χ3v) is 4.87. The van der Waals surface area contributed by atoms with Crippen molar-refractivity contribution in [1.29, 1.82) is 0 Å². The van der Waals surface area contributed by atoms with Crippen LogP contribution >= 0.6 is 0 Å². The maximum Gasteiger partial charge on any atom is 0.240 e. The summed E-state index contributed by atoms with van der Waals surface area (Å²) in [5.74, 6) is 1.01. The van der Waals surface area contributed by atoms with Crippen LogP contribution in [0.4, 0.5) is 0 Å². The second-order valence-electron chi connectivity index (χ2n) is 6.50. The number of nitrogens with one attached hydrogen (secondary N) is 4. The molecule has 6 heteroatoms. The van der Waals surface area contributed by atoms with Crippen molar-refractivity contribution < 1.29 is 4.79 Å². The van der Waals surface area contributed by atoms with Gasteiger partial charge >= 0.3 is 0 Å². The largest absolute Gasteiger partial charge is 0.356 e. The Bertz CT molecular complexity index is 588. The molecule has 0 unspecified atom stereocenters. The molecular weight excluding hydrogens is 302 g/mol. The Morgan fingerprint density at radius 3 is 2.54 bits per heavy atom. The Hall–Kier alpha value is -2.08. The quantitative estimate of drug-likeness (QED) is 0.539. The number of likely N-dealkylation sites (N-methyl/N-ethyl adjacent to an activating group) is 1. The van der Waals surface area contributed by atoms with E-state index in [1.807, 2.05) is 19.2 Å². The van der Waals surface area contributed by atoms with Gasteiger partial charge in [-0.1, -0.05) is 24.3 Å². The predicted octanol–water partition coefficient (Wildman–Crippen LogP) is 0.189. The summed E-state index contributed by atoms with van der Waals surface area (Å²) in [4.78, 5) is 17.0. The van der Waals surface area contributed by atoms with Gasteiger partial charge in [0.05, 0.1) is 6.54 Å². The van der Waals surface area contributed by atoms with Crippen molar-refractivity contribution >= 4 is 11.9 Å². The van der Waals surface area contributed by atoms with Gasteiger partial charge in [0.15, 0.2) is 5.96 Å². The third-order valence-electron chi connectivity index (χ3n) is 4.87. The first-order valence-corrected chi connectivity index (χ1v) is 8.80. The van der Waals surface area contributed by atoms with Gasteiger partial charge in [-0.05, 0) is 31.0 Å². The van der Waals surface area contributed by atoms with Crippen LogP contribution in [0.2, 0.25) is 0 Å². The van der Waals surface area contributed by atoms with Crippen LogP contribution in [0.5, 0.6) is 0 Å². The molecule has 0 saturated carbocycles. The first kappa shape index (κ1) is 16.8. The van der Waals surface area contributed by atoms with Gasteiger partial charge in [0.25, 0.3) is 0 Å². The summed E-state index contributed by atoms with van der Waals surface area (Å²) < 4.78 is 0. The molecule has 24 heavy (non-hydrogen) atoms. The fourth-order valence-electron chi connectivity index (χ4n) is 3.41. The first-order valence-electron chi connectivity index (χ1n) is 8.80. The number of aliphatic imine (C=N–C) groups is 1. The highest BCUT2D eigenvalue weighted by molar-refractivity contribution is 5.88. The summed E-state index contributed by atoms with van der Waals surface area (Å²) in [7, 11) is 1.88. The van der Waals surface area contributed by atoms with Gasteiger partial charge in [-0.15, -0.1) is 0 Å². The highest BCUT2D eigenvalue weighted by atomic mass is 16.2. The Kier molecular flexibility index (Phi) is 5.35. The van der Waals surface area contributed by atoms with E-state index >= 15 is 0 Å². The molecule has 0 aromatic heterocycles. The maximum absolute atomic E-state index is 12.7. The van der Waals surface area contributed by atoms with Crippen molar-refractivity contribution in [2.24, 2.45) is 4.99 Å². The molecule has 0 fully saturated rings. The Labute approximate surface area is 143 Å². The number of amides is 1. The SMILES string of the molecule is CNC1(C(=O)NCCCCNC2=NCCN2)Cc2ccccc2C1. The zero-order valence-corrected chi connectivity index (χ0v) is 14.3. The molecule has 0 spiro atoms. The van der Waals surface area contributed by atoms with Crippen molar-refractivity contribution in [3.8, 4) is 0 Å². The number of fused-ring (bicyclic) bond motifs is 1. The smallest absolute Gasteiger partial charge is 0.240 e. The van der Waals surface area contributed by atoms with Gasteiger partial charge in [-0.2, -0.15) is 0 Å². The number of rotatable bonds is 7. The van der Waals surface area contributed by atoms with Crippen molar-refractivity contribution in [2.75, 3.05) is 33.2 Å². The first-order chi connectivity index (χ1) is 11.7. The number of hydrogen-bond donors (Lipinski definition) is 4. The van der Waals surface area contributed by atoms with E-state index < -0.39 is 5.54 Å². The molecule has 3 rings (SSSR count). The molecule has 130 valence electrons. The molecule has 1 heterocycles. The molecule has 4 N–H and O–H groups in total. The zero-order valence-electron chi connectivity index (χ0n) is 14.3. The molecule has 6 nitrogen and oxygen atoms in total. The molecular formula is C18H27N5O. The topological polar surface area (TPSA) is 77.6 Å². The van der Waals surface area contributed by atoms with Crippen molar-refractivity contribution in [2.45, 2.75) is 31.2 Å². The van der Waals surface area contributed by atoms with Gasteiger partial charge in [-0.25, -0.2) is 0 Å². The van der Waals surface area contributed by atoms with E-state index in [9.17, 15) is 4.79 Å². The normalized spacial score (nSPS) is 17.8. The maximum atomic E-state index is 12.7. The predicted molar refractivity (Wildman–Crippen MR) is 96.2 cm³/mol. The number of nitrogens with zero attached hydrogens (tertiary/aromatic N) is 1. The molecule has 0 radical (unpaired) electrons. The van der Waals surface area contributed by atoms with Crippen LogP contribution in [-0.2, 0) is 17.6 Å². The summed E-state index contributed by atoms with van der Waals surface area (Å²) in [6.07, 6.45) is 3.49. The fourth-order valence-corrected chi connectivity index (χ4v) is 3.41. The lowest BCUT2D eigenvalue weighted by Crippen LogP contribution is -2.56. The van der Waals surface area contributed by atoms with Crippen LogP contribution in [0, 0.1) is 0 Å². The van der Waals surface area contributed by atoms with Crippen molar-refractivity contribution in [3.05, 3.63) is 35.4 Å². The van der Waals surface area contributed by atoms with E-state index in [2.05, 4.69) is 38.4 Å². The molecule has 2 aliphatic rings. The van der Waals surface area contributed by atoms with Gasteiger partial charge in [0.2, 0.25) is 5.91 Å². The fraction of sp³-hybridized carbons (Fsp3) is 0.556. The summed E-state index contributed by atoms with van der Waals surface area (Å²) >= 11 is 0. The zero-order chi connectivity index (χ0) is 16.8. The molecule has 1 aliphatic carbocycles. The van der Waals surface area contributed by atoms with E-state index in [0.29, 0.717) is 6.54 Å². The Balaban J connectivity index is 1.40. The minimum absolute atomic E-state index is 0.107. The Morgan fingerprint density at radius 2 is 1.92 bits per heavy atom. The number of hydrogen-bond acceptors (Lipinski definition) is 5. The average Bonchev–Trinajstić information content (AvgIpc) is 3.25. The van der Waals surface area contributed by atoms with Crippen molar-refractivity contribution in [1.82, 2.24) is 21.3 Å². The van der Waals surface area contributed by atoms with Crippen LogP contribution in [0.3, 0.4) is 0 Å². The lowest BCUT2D eigenvalue weighted by Gasteiger charge is -2.27. The van der Waals surface area contributed by atoms with Crippen LogP contribution in [0.15, 0.2) is 29.3 Å². The molecule has 1 aliphatic heterocycles. The van der Waals surface area contributed by atoms with E-state index in [1.54, 1.807) is 0 Å². The van der Waals surface area contributed by atoms with E-state index in [4.69, 9.17) is 0 Å². The third kappa shape index (κ3) is 3.70. The number of guanidine groups is 1. The molecule has 0 saturated heterocycles.